The molecule has 6 heteroatoms. The lowest BCUT2D eigenvalue weighted by Crippen LogP contribution is -2.29. The Balaban J connectivity index is 2.84. The molecule has 17 heavy (non-hydrogen) atoms. The second kappa shape index (κ2) is 5.80. The fourth-order valence-electron chi connectivity index (χ4n) is 1.27. The molecule has 0 fully saturated rings. The third-order valence-corrected chi connectivity index (χ3v) is 4.45. The van der Waals surface area contributed by atoms with E-state index in [9.17, 15) is 12.8 Å². The molecule has 0 aliphatic carbocycles. The van der Waals surface area contributed by atoms with Gasteiger partial charge in [-0.25, -0.2) is 17.1 Å². The normalized spacial score (nSPS) is 13.9. The second-order valence-electron chi connectivity index (χ2n) is 3.85. The van der Waals surface area contributed by atoms with E-state index in [4.69, 9.17) is 11.6 Å². The van der Waals surface area contributed by atoms with Gasteiger partial charge in [-0.05, 0) is 37.6 Å². The summed E-state index contributed by atoms with van der Waals surface area (Å²) in [6, 6.07) is 4.77. The first kappa shape index (κ1) is 14.4. The van der Waals surface area contributed by atoms with Gasteiger partial charge in [0.25, 0.3) is 0 Å². The smallest absolute Gasteiger partial charge is 0.207 e. The summed E-state index contributed by atoms with van der Waals surface area (Å²) in [7, 11) is -2.06. The Morgan fingerprint density at radius 3 is 2.35 bits per heavy atom. The van der Waals surface area contributed by atoms with E-state index in [-0.39, 0.29) is 10.3 Å². The molecule has 0 aliphatic heterocycles. The predicted molar refractivity (Wildman–Crippen MR) is 66.1 cm³/mol. The first-order chi connectivity index (χ1) is 7.84. The highest BCUT2D eigenvalue weighted by Crippen LogP contribution is 2.15. The minimum atomic E-state index is -3.54. The van der Waals surface area contributed by atoms with Crippen LogP contribution in [0, 0.1) is 5.82 Å². The number of rotatable bonds is 5. The quantitative estimate of drug-likeness (QED) is 0.777. The van der Waals surface area contributed by atoms with Crippen LogP contribution in [0.2, 0.25) is 0 Å². The Hall–Kier alpha value is -0.650. The van der Waals surface area contributed by atoms with Gasteiger partial charge in [-0.2, -0.15) is 0 Å². The molecule has 0 heterocycles. The zero-order valence-electron chi connectivity index (χ0n) is 9.73. The largest absolute Gasteiger partial charge is 0.242 e. The van der Waals surface area contributed by atoms with E-state index in [2.05, 4.69) is 0 Å². The van der Waals surface area contributed by atoms with Gasteiger partial charge in [0.1, 0.15) is 5.82 Å². The van der Waals surface area contributed by atoms with Crippen LogP contribution >= 0.6 is 11.6 Å². The van der Waals surface area contributed by atoms with Crippen molar-refractivity contribution in [3.8, 4) is 0 Å². The molecule has 1 unspecified atom stereocenters. The number of hydrogen-bond donors (Lipinski definition) is 0. The first-order valence-corrected chi connectivity index (χ1v) is 7.07. The van der Waals surface area contributed by atoms with Crippen molar-refractivity contribution < 1.29 is 12.8 Å². The predicted octanol–water partition coefficient (Wildman–Crippen LogP) is 2.46. The maximum atomic E-state index is 12.7. The molecule has 0 spiro atoms. The van der Waals surface area contributed by atoms with Gasteiger partial charge >= 0.3 is 0 Å². The fraction of sp³-hybridized carbons (Fsp3) is 0.455. The zero-order valence-corrected chi connectivity index (χ0v) is 11.3. The molecule has 1 atom stereocenters. The van der Waals surface area contributed by atoms with E-state index < -0.39 is 15.8 Å². The third kappa shape index (κ3) is 3.94. The fourth-order valence-corrected chi connectivity index (χ4v) is 2.55. The summed E-state index contributed by atoms with van der Waals surface area (Å²) in [5.74, 6) is -0.457. The molecular formula is C11H15ClFNO2S. The van der Waals surface area contributed by atoms with Gasteiger partial charge in [-0.15, -0.1) is 11.6 Å². The molecule has 0 N–H and O–H groups in total. The van der Waals surface area contributed by atoms with Crippen molar-refractivity contribution in [3.63, 3.8) is 0 Å². The minimum Gasteiger partial charge on any atom is -0.207 e. The highest BCUT2D eigenvalue weighted by Gasteiger charge is 2.20. The third-order valence-electron chi connectivity index (χ3n) is 2.36. The van der Waals surface area contributed by atoms with Gasteiger partial charge in [0.2, 0.25) is 10.0 Å². The van der Waals surface area contributed by atoms with Crippen molar-refractivity contribution in [2.75, 3.05) is 13.6 Å². The Morgan fingerprint density at radius 1 is 1.35 bits per heavy atom. The SMILES string of the molecule is CC(Cl)CCN(C)S(=O)(=O)c1ccc(F)cc1. The Morgan fingerprint density at radius 2 is 1.88 bits per heavy atom. The molecular weight excluding hydrogens is 265 g/mol. The lowest BCUT2D eigenvalue weighted by Gasteiger charge is -2.17. The highest BCUT2D eigenvalue weighted by molar-refractivity contribution is 7.89. The maximum Gasteiger partial charge on any atom is 0.242 e. The van der Waals surface area contributed by atoms with Crippen LogP contribution in [0.5, 0.6) is 0 Å². The molecule has 0 saturated heterocycles. The molecule has 0 radical (unpaired) electrons. The van der Waals surface area contributed by atoms with Crippen molar-refractivity contribution in [1.82, 2.24) is 4.31 Å². The lowest BCUT2D eigenvalue weighted by molar-refractivity contribution is 0.460. The summed E-state index contributed by atoms with van der Waals surface area (Å²) in [5.41, 5.74) is 0. The number of nitrogens with zero attached hydrogens (tertiary/aromatic N) is 1. The van der Waals surface area contributed by atoms with E-state index in [0.29, 0.717) is 13.0 Å². The average Bonchev–Trinajstić information content (AvgIpc) is 2.26. The van der Waals surface area contributed by atoms with Crippen LogP contribution in [-0.2, 0) is 10.0 Å². The summed E-state index contributed by atoms with van der Waals surface area (Å²) in [6.07, 6.45) is 0.568. The van der Waals surface area contributed by atoms with E-state index in [1.54, 1.807) is 6.92 Å². The first-order valence-electron chi connectivity index (χ1n) is 5.20. The van der Waals surface area contributed by atoms with Crippen molar-refractivity contribution in [2.45, 2.75) is 23.6 Å². The number of halogens is 2. The molecule has 1 aromatic carbocycles. The number of sulfonamides is 1. The van der Waals surface area contributed by atoms with Gasteiger partial charge in [0, 0.05) is 19.0 Å². The van der Waals surface area contributed by atoms with Crippen molar-refractivity contribution >= 4 is 21.6 Å². The molecule has 3 nitrogen and oxygen atoms in total. The molecule has 0 bridgehead atoms. The van der Waals surface area contributed by atoms with E-state index in [0.717, 1.165) is 12.1 Å². The summed E-state index contributed by atoms with van der Waals surface area (Å²) >= 11 is 5.77. The van der Waals surface area contributed by atoms with Gasteiger partial charge in [-0.1, -0.05) is 0 Å². The van der Waals surface area contributed by atoms with E-state index >= 15 is 0 Å². The monoisotopic (exact) mass is 279 g/mol. The lowest BCUT2D eigenvalue weighted by atomic mass is 10.3. The van der Waals surface area contributed by atoms with Crippen molar-refractivity contribution in [3.05, 3.63) is 30.1 Å². The summed E-state index contributed by atoms with van der Waals surface area (Å²) in [6.45, 7) is 2.14. The molecule has 1 rings (SSSR count). The standard InChI is InChI=1S/C11H15ClFNO2S/c1-9(12)7-8-14(2)17(15,16)11-5-3-10(13)4-6-11/h3-6,9H,7-8H2,1-2H3. The van der Waals surface area contributed by atoms with Gasteiger partial charge in [0.15, 0.2) is 0 Å². The maximum absolute atomic E-state index is 12.7. The Labute approximate surface area is 106 Å². The highest BCUT2D eigenvalue weighted by atomic mass is 35.5. The molecule has 96 valence electrons. The van der Waals surface area contributed by atoms with Crippen LogP contribution in [0.25, 0.3) is 0 Å². The number of alkyl halides is 1. The molecule has 1 aromatic rings. The Kier molecular flexibility index (Phi) is 4.91. The number of benzene rings is 1. The van der Waals surface area contributed by atoms with Crippen LogP contribution in [0.15, 0.2) is 29.2 Å². The summed E-state index contributed by atoms with van der Waals surface area (Å²) in [4.78, 5) is 0.0867. The topological polar surface area (TPSA) is 37.4 Å². The molecule has 0 amide bonds. The zero-order chi connectivity index (χ0) is 13.1. The Bertz CT molecular complexity index is 459. The van der Waals surface area contributed by atoms with Crippen molar-refractivity contribution in [1.29, 1.82) is 0 Å². The van der Waals surface area contributed by atoms with Crippen LogP contribution in [0.4, 0.5) is 4.39 Å². The van der Waals surface area contributed by atoms with Crippen molar-refractivity contribution in [2.24, 2.45) is 0 Å². The van der Waals surface area contributed by atoms with E-state index in [1.807, 2.05) is 0 Å². The van der Waals surface area contributed by atoms with Crippen LogP contribution in [-0.4, -0.2) is 31.7 Å². The number of hydrogen-bond acceptors (Lipinski definition) is 2. The molecule has 0 aliphatic rings. The minimum absolute atomic E-state index is 0.0825. The van der Waals surface area contributed by atoms with Crippen LogP contribution < -0.4 is 0 Å². The molecule has 0 aromatic heterocycles. The average molecular weight is 280 g/mol. The van der Waals surface area contributed by atoms with E-state index in [1.165, 1.54) is 23.5 Å². The van der Waals surface area contributed by atoms with Crippen LogP contribution in [0.3, 0.4) is 0 Å². The summed E-state index contributed by atoms with van der Waals surface area (Å²) in [5, 5.41) is -0.0825. The van der Waals surface area contributed by atoms with Gasteiger partial charge in [-0.3, -0.25) is 0 Å². The van der Waals surface area contributed by atoms with Crippen LogP contribution in [0.1, 0.15) is 13.3 Å². The summed E-state index contributed by atoms with van der Waals surface area (Å²) < 4.78 is 38.0. The van der Waals surface area contributed by atoms with Gasteiger partial charge in [0.05, 0.1) is 4.90 Å². The van der Waals surface area contributed by atoms with Gasteiger partial charge < -0.3 is 0 Å². The second-order valence-corrected chi connectivity index (χ2v) is 6.64. The molecule has 0 saturated carbocycles.